The van der Waals surface area contributed by atoms with Gasteiger partial charge in [0, 0.05) is 11.6 Å². The summed E-state index contributed by atoms with van der Waals surface area (Å²) in [5, 5.41) is 2.65. The van der Waals surface area contributed by atoms with Crippen LogP contribution in [0.2, 0.25) is 0 Å². The first kappa shape index (κ1) is 10.0. The average molecular weight is 193 g/mol. The lowest BCUT2D eigenvalue weighted by molar-refractivity contribution is 0.112. The van der Waals surface area contributed by atoms with Crippen molar-refractivity contribution in [1.82, 2.24) is 0 Å². The van der Waals surface area contributed by atoms with Gasteiger partial charge in [0.2, 0.25) is 0 Å². The summed E-state index contributed by atoms with van der Waals surface area (Å²) in [5.74, 6) is 0.222. The van der Waals surface area contributed by atoms with Gasteiger partial charge < -0.3 is 4.74 Å². The van der Waals surface area contributed by atoms with Crippen LogP contribution in [-0.4, -0.2) is 19.7 Å². The molecular weight excluding hydrogens is 186 g/mol. The van der Waals surface area contributed by atoms with E-state index in [1.807, 2.05) is 0 Å². The van der Waals surface area contributed by atoms with Gasteiger partial charge in [-0.2, -0.15) is 0 Å². The van der Waals surface area contributed by atoms with Gasteiger partial charge >= 0.3 is 0 Å². The molecule has 0 atom stereocenters. The first-order valence-corrected chi connectivity index (χ1v) is 3.72. The zero-order valence-corrected chi connectivity index (χ0v) is 7.39. The van der Waals surface area contributed by atoms with Crippen molar-refractivity contribution in [2.45, 2.75) is 0 Å². The minimum Gasteiger partial charge on any atom is -0.496 e. The van der Waals surface area contributed by atoms with E-state index in [2.05, 4.69) is 5.18 Å². The van der Waals surface area contributed by atoms with Crippen molar-refractivity contribution in [2.75, 3.05) is 7.11 Å². The third-order valence-corrected chi connectivity index (χ3v) is 1.73. The highest BCUT2D eigenvalue weighted by molar-refractivity contribution is 5.90. The summed E-state index contributed by atoms with van der Waals surface area (Å²) in [7, 11) is 1.36. The normalized spacial score (nSPS) is 9.21. The highest BCUT2D eigenvalue weighted by Crippen LogP contribution is 2.27. The number of hydrogen-bond donors (Lipinski definition) is 0. The fourth-order valence-electron chi connectivity index (χ4n) is 1.05. The maximum absolute atomic E-state index is 10.5. The number of rotatable bonds is 4. The number of ether oxygens (including phenoxy) is 1. The Morgan fingerprint density at radius 1 is 1.21 bits per heavy atom. The second-order valence-electron chi connectivity index (χ2n) is 2.48. The molecule has 0 bridgehead atoms. The van der Waals surface area contributed by atoms with E-state index in [1.54, 1.807) is 0 Å². The van der Waals surface area contributed by atoms with Crippen molar-refractivity contribution in [2.24, 2.45) is 5.18 Å². The predicted molar refractivity (Wildman–Crippen MR) is 49.2 cm³/mol. The van der Waals surface area contributed by atoms with Crippen LogP contribution in [0, 0.1) is 4.91 Å². The number of methoxy groups -OCH3 is 1. The van der Waals surface area contributed by atoms with E-state index in [0.717, 1.165) is 0 Å². The highest BCUT2D eigenvalue weighted by Gasteiger charge is 2.09. The van der Waals surface area contributed by atoms with E-state index >= 15 is 0 Å². The predicted octanol–water partition coefficient (Wildman–Crippen LogP) is 1.72. The summed E-state index contributed by atoms with van der Waals surface area (Å²) >= 11 is 0. The molecule has 0 saturated carbocycles. The van der Waals surface area contributed by atoms with E-state index < -0.39 is 0 Å². The molecule has 5 nitrogen and oxygen atoms in total. The maximum Gasteiger partial charge on any atom is 0.153 e. The van der Waals surface area contributed by atoms with Gasteiger partial charge in [0.15, 0.2) is 12.6 Å². The Labute approximate surface area is 79.7 Å². The van der Waals surface area contributed by atoms with Crippen molar-refractivity contribution in [3.63, 3.8) is 0 Å². The Hall–Kier alpha value is -2.04. The standard InChI is InChI=1S/C9H7NO4/c1-14-9-3-8(10-13)6(4-11)2-7(9)5-12/h2-5H,1H3. The van der Waals surface area contributed by atoms with Gasteiger partial charge in [-0.25, -0.2) is 0 Å². The van der Waals surface area contributed by atoms with Gasteiger partial charge in [-0.3, -0.25) is 9.59 Å². The Kier molecular flexibility index (Phi) is 3.06. The largest absolute Gasteiger partial charge is 0.496 e. The number of benzene rings is 1. The van der Waals surface area contributed by atoms with Crippen LogP contribution in [-0.2, 0) is 0 Å². The number of aldehydes is 2. The Morgan fingerprint density at radius 3 is 2.29 bits per heavy atom. The first-order valence-electron chi connectivity index (χ1n) is 3.72. The zero-order valence-electron chi connectivity index (χ0n) is 7.39. The van der Waals surface area contributed by atoms with Gasteiger partial charge in [-0.15, -0.1) is 4.91 Å². The van der Waals surface area contributed by atoms with Crippen LogP contribution in [0.15, 0.2) is 17.3 Å². The van der Waals surface area contributed by atoms with Gasteiger partial charge in [0.05, 0.1) is 12.7 Å². The van der Waals surface area contributed by atoms with E-state index in [-0.39, 0.29) is 22.6 Å². The van der Waals surface area contributed by atoms with Gasteiger partial charge in [0.25, 0.3) is 0 Å². The molecule has 1 rings (SSSR count). The number of nitroso groups, excluding NO2 is 1. The molecule has 1 aromatic rings. The minimum atomic E-state index is -0.0394. The molecule has 72 valence electrons. The molecule has 14 heavy (non-hydrogen) atoms. The first-order chi connectivity index (χ1) is 6.76. The molecule has 0 aromatic heterocycles. The van der Waals surface area contributed by atoms with Crippen molar-refractivity contribution in [1.29, 1.82) is 0 Å². The Morgan fingerprint density at radius 2 is 1.86 bits per heavy atom. The van der Waals surface area contributed by atoms with E-state index in [1.165, 1.54) is 19.2 Å². The van der Waals surface area contributed by atoms with Crippen LogP contribution < -0.4 is 4.74 Å². The molecule has 0 spiro atoms. The van der Waals surface area contributed by atoms with Gasteiger partial charge in [-0.1, -0.05) is 0 Å². The average Bonchev–Trinajstić information content (AvgIpc) is 2.26. The molecule has 5 heteroatoms. The van der Waals surface area contributed by atoms with Gasteiger partial charge in [0.1, 0.15) is 11.4 Å². The summed E-state index contributed by atoms with van der Waals surface area (Å²) < 4.78 is 4.83. The third kappa shape index (κ3) is 1.66. The van der Waals surface area contributed by atoms with Crippen LogP contribution in [0.5, 0.6) is 5.75 Å². The van der Waals surface area contributed by atoms with Crippen molar-refractivity contribution >= 4 is 18.3 Å². The van der Waals surface area contributed by atoms with Crippen LogP contribution in [0.3, 0.4) is 0 Å². The molecule has 0 radical (unpaired) electrons. The molecule has 0 heterocycles. The Bertz CT molecular complexity index is 387. The maximum atomic E-state index is 10.5. The third-order valence-electron chi connectivity index (χ3n) is 1.73. The molecule has 1 aromatic carbocycles. The van der Waals surface area contributed by atoms with Crippen LogP contribution >= 0.6 is 0 Å². The summed E-state index contributed by atoms with van der Waals surface area (Å²) in [4.78, 5) is 31.3. The number of nitrogens with zero attached hydrogens (tertiary/aromatic N) is 1. The van der Waals surface area contributed by atoms with Crippen molar-refractivity contribution < 1.29 is 14.3 Å². The minimum absolute atomic E-state index is 0.0394. The second-order valence-corrected chi connectivity index (χ2v) is 2.48. The summed E-state index contributed by atoms with van der Waals surface area (Å²) in [5.41, 5.74) is 0.243. The highest BCUT2D eigenvalue weighted by atomic mass is 16.5. The van der Waals surface area contributed by atoms with E-state index in [4.69, 9.17) is 4.74 Å². The van der Waals surface area contributed by atoms with Crippen LogP contribution in [0.4, 0.5) is 5.69 Å². The molecule has 0 aliphatic carbocycles. The number of hydrogen-bond acceptors (Lipinski definition) is 5. The summed E-state index contributed by atoms with van der Waals surface area (Å²) in [6.07, 6.45) is 1.00. The molecule has 0 fully saturated rings. The van der Waals surface area contributed by atoms with Gasteiger partial charge in [-0.05, 0) is 11.2 Å². The molecule has 0 aliphatic rings. The van der Waals surface area contributed by atoms with E-state index in [0.29, 0.717) is 12.6 Å². The quantitative estimate of drug-likeness (QED) is 0.539. The lowest BCUT2D eigenvalue weighted by atomic mass is 10.1. The van der Waals surface area contributed by atoms with Crippen LogP contribution in [0.25, 0.3) is 0 Å². The fraction of sp³-hybridized carbons (Fsp3) is 0.111. The smallest absolute Gasteiger partial charge is 0.153 e. The number of carbonyl (C=O) groups excluding carboxylic acids is 2. The Balaban J connectivity index is 3.41. The monoisotopic (exact) mass is 193 g/mol. The van der Waals surface area contributed by atoms with Crippen molar-refractivity contribution in [3.05, 3.63) is 28.2 Å². The van der Waals surface area contributed by atoms with Crippen molar-refractivity contribution in [3.8, 4) is 5.75 Å². The number of carbonyl (C=O) groups is 2. The molecule has 0 unspecified atom stereocenters. The second kappa shape index (κ2) is 4.27. The summed E-state index contributed by atoms with van der Waals surface area (Å²) in [6.45, 7) is 0. The lowest BCUT2D eigenvalue weighted by Crippen LogP contribution is -1.93. The molecule has 0 N–H and O–H groups in total. The zero-order chi connectivity index (χ0) is 10.6. The van der Waals surface area contributed by atoms with E-state index in [9.17, 15) is 14.5 Å². The molecule has 0 aliphatic heterocycles. The molecule has 0 amide bonds. The SMILES string of the molecule is COc1cc(N=O)c(C=O)cc1C=O. The topological polar surface area (TPSA) is 72.8 Å². The molecular formula is C9H7NO4. The summed E-state index contributed by atoms with van der Waals surface area (Å²) in [6, 6.07) is 2.51. The lowest BCUT2D eigenvalue weighted by Gasteiger charge is -2.04. The fourth-order valence-corrected chi connectivity index (χ4v) is 1.05. The van der Waals surface area contributed by atoms with Crippen LogP contribution in [0.1, 0.15) is 20.7 Å². The molecule has 0 saturated heterocycles.